The Balaban J connectivity index is 1.27. The molecule has 2 aliphatic rings. The van der Waals surface area contributed by atoms with E-state index in [1.54, 1.807) is 24.7 Å². The number of nitrogens with one attached hydrogen (secondary N) is 3. The van der Waals surface area contributed by atoms with Crippen LogP contribution in [0.3, 0.4) is 0 Å². The Kier molecular flexibility index (Phi) is 6.76. The van der Waals surface area contributed by atoms with Gasteiger partial charge in [-0.3, -0.25) is 19.5 Å². The van der Waals surface area contributed by atoms with E-state index in [2.05, 4.69) is 30.5 Å². The van der Waals surface area contributed by atoms with Crippen molar-refractivity contribution in [3.8, 4) is 0 Å². The van der Waals surface area contributed by atoms with Crippen molar-refractivity contribution in [3.05, 3.63) is 53.8 Å². The van der Waals surface area contributed by atoms with Crippen molar-refractivity contribution in [2.24, 2.45) is 0 Å². The second-order valence-corrected chi connectivity index (χ2v) is 9.16. The van der Waals surface area contributed by atoms with Gasteiger partial charge in [-0.25, -0.2) is 4.98 Å². The van der Waals surface area contributed by atoms with Crippen LogP contribution >= 0.6 is 0 Å². The number of hydrogen-bond acceptors (Lipinski definition) is 6. The monoisotopic (exact) mass is 474 g/mol. The van der Waals surface area contributed by atoms with Gasteiger partial charge in [-0.1, -0.05) is 6.42 Å². The van der Waals surface area contributed by atoms with Crippen LogP contribution in [0.5, 0.6) is 0 Å². The third-order valence-corrected chi connectivity index (χ3v) is 6.45. The number of pyridine rings is 2. The lowest BCUT2D eigenvalue weighted by molar-refractivity contribution is -0.117. The second kappa shape index (κ2) is 10.3. The Labute approximate surface area is 204 Å². The van der Waals surface area contributed by atoms with E-state index in [9.17, 15) is 9.59 Å². The number of carbonyl (C=O) groups is 2. The van der Waals surface area contributed by atoms with Crippen molar-refractivity contribution in [3.63, 3.8) is 0 Å². The molecule has 0 unspecified atom stereocenters. The minimum atomic E-state index is -0.288. The van der Waals surface area contributed by atoms with E-state index < -0.39 is 0 Å². The summed E-state index contributed by atoms with van der Waals surface area (Å²) in [5.74, 6) is -0.365. The summed E-state index contributed by atoms with van der Waals surface area (Å²) in [7, 11) is 0. The van der Waals surface area contributed by atoms with Gasteiger partial charge in [-0.2, -0.15) is 0 Å². The van der Waals surface area contributed by atoms with E-state index in [4.69, 9.17) is 4.74 Å². The number of piperidine rings is 1. The molecule has 5 rings (SSSR count). The highest BCUT2D eigenvalue weighted by Crippen LogP contribution is 2.26. The first-order chi connectivity index (χ1) is 17.0. The van der Waals surface area contributed by atoms with Crippen LogP contribution in [0.4, 0.5) is 11.4 Å². The van der Waals surface area contributed by atoms with Crippen LogP contribution in [-0.4, -0.2) is 57.9 Å². The molecule has 0 saturated carbocycles. The number of likely N-dealkylation sites (tertiary alicyclic amines) is 1. The van der Waals surface area contributed by atoms with Gasteiger partial charge in [0.2, 0.25) is 5.91 Å². The highest BCUT2D eigenvalue weighted by atomic mass is 16.5. The van der Waals surface area contributed by atoms with E-state index in [1.165, 1.54) is 6.42 Å². The predicted octanol–water partition coefficient (Wildman–Crippen LogP) is 4.09. The van der Waals surface area contributed by atoms with Crippen molar-refractivity contribution in [2.45, 2.75) is 39.0 Å². The molecule has 0 atom stereocenters. The summed E-state index contributed by atoms with van der Waals surface area (Å²) in [4.78, 5) is 39.7. The van der Waals surface area contributed by atoms with Gasteiger partial charge in [0.1, 0.15) is 5.65 Å². The average molecular weight is 475 g/mol. The van der Waals surface area contributed by atoms with Gasteiger partial charge in [0.05, 0.1) is 48.2 Å². The number of aryl methyl sites for hydroxylation is 1. The standard InChI is InChI=1S/C26H30N6O3/c1-17-22(12-21(14-27-17)29-24(33)15-32-7-3-2-4-8-32)31-26(34)20-10-19-11-23(30-25(19)28-13-20)18-6-5-9-35-16-18/h10-14,16H,2-9,15H2,1H3,(H,28,30)(H,29,33)(H,31,34). The number of rotatable bonds is 6. The van der Waals surface area contributed by atoms with E-state index in [-0.39, 0.29) is 11.8 Å². The lowest BCUT2D eigenvalue weighted by atomic mass is 10.1. The first kappa shape index (κ1) is 23.0. The maximum atomic E-state index is 13.0. The molecule has 0 aliphatic carbocycles. The Morgan fingerprint density at radius 1 is 1.06 bits per heavy atom. The van der Waals surface area contributed by atoms with Gasteiger partial charge in [0, 0.05) is 22.9 Å². The third kappa shape index (κ3) is 5.51. The summed E-state index contributed by atoms with van der Waals surface area (Å²) >= 11 is 0. The maximum Gasteiger partial charge on any atom is 0.257 e. The Morgan fingerprint density at radius 3 is 2.71 bits per heavy atom. The van der Waals surface area contributed by atoms with Crippen LogP contribution in [0.2, 0.25) is 0 Å². The number of fused-ring (bicyclic) bond motifs is 1. The molecular formula is C26H30N6O3. The fourth-order valence-electron chi connectivity index (χ4n) is 4.52. The van der Waals surface area contributed by atoms with Gasteiger partial charge in [0.25, 0.3) is 5.91 Å². The van der Waals surface area contributed by atoms with Crippen LogP contribution < -0.4 is 10.6 Å². The number of anilines is 2. The summed E-state index contributed by atoms with van der Waals surface area (Å²) in [6.07, 6.45) is 10.4. The number of aromatic amines is 1. The molecule has 0 aromatic carbocycles. The Morgan fingerprint density at radius 2 is 1.91 bits per heavy atom. The normalized spacial score (nSPS) is 16.4. The first-order valence-corrected chi connectivity index (χ1v) is 12.2. The van der Waals surface area contributed by atoms with E-state index in [0.29, 0.717) is 29.2 Å². The fourth-order valence-corrected chi connectivity index (χ4v) is 4.52. The minimum absolute atomic E-state index is 0.0776. The largest absolute Gasteiger partial charge is 0.501 e. The molecule has 9 heteroatoms. The summed E-state index contributed by atoms with van der Waals surface area (Å²) < 4.78 is 5.44. The lowest BCUT2D eigenvalue weighted by Gasteiger charge is -2.25. The summed E-state index contributed by atoms with van der Waals surface area (Å²) in [6.45, 7) is 4.82. The topological polar surface area (TPSA) is 112 Å². The SMILES string of the molecule is Cc1ncc(NC(=O)CN2CCCCC2)cc1NC(=O)c1cnc2[nH]c(C3=COCCC3)cc2c1. The second-order valence-electron chi connectivity index (χ2n) is 9.16. The van der Waals surface area contributed by atoms with Crippen molar-refractivity contribution in [2.75, 3.05) is 36.9 Å². The summed E-state index contributed by atoms with van der Waals surface area (Å²) in [5, 5.41) is 6.67. The molecule has 0 radical (unpaired) electrons. The van der Waals surface area contributed by atoms with Gasteiger partial charge in [0.15, 0.2) is 0 Å². The van der Waals surface area contributed by atoms with E-state index in [0.717, 1.165) is 67.7 Å². The number of aromatic nitrogens is 3. The summed E-state index contributed by atoms with van der Waals surface area (Å²) in [6, 6.07) is 5.55. The molecule has 35 heavy (non-hydrogen) atoms. The number of nitrogens with zero attached hydrogens (tertiary/aromatic N) is 3. The first-order valence-electron chi connectivity index (χ1n) is 12.2. The molecule has 1 saturated heterocycles. The molecule has 1 fully saturated rings. The zero-order valence-corrected chi connectivity index (χ0v) is 19.9. The molecule has 3 aromatic rings. The van der Waals surface area contributed by atoms with Crippen LogP contribution in [0.25, 0.3) is 16.6 Å². The molecule has 182 valence electrons. The molecule has 5 heterocycles. The Bertz CT molecular complexity index is 1280. The van der Waals surface area contributed by atoms with Crippen molar-refractivity contribution < 1.29 is 14.3 Å². The number of H-pyrrole nitrogens is 1. The van der Waals surface area contributed by atoms with Gasteiger partial charge in [-0.05, 0) is 63.9 Å². The number of ether oxygens (including phenoxy) is 1. The molecule has 0 spiro atoms. The predicted molar refractivity (Wildman–Crippen MR) is 135 cm³/mol. The van der Waals surface area contributed by atoms with Crippen LogP contribution in [0, 0.1) is 6.92 Å². The van der Waals surface area contributed by atoms with Crippen molar-refractivity contribution >= 4 is 39.8 Å². The average Bonchev–Trinajstić information content (AvgIpc) is 3.31. The van der Waals surface area contributed by atoms with Crippen molar-refractivity contribution in [1.29, 1.82) is 0 Å². The van der Waals surface area contributed by atoms with Crippen LogP contribution in [0.1, 0.15) is 53.8 Å². The number of hydrogen-bond donors (Lipinski definition) is 3. The zero-order valence-electron chi connectivity index (χ0n) is 19.9. The Hall–Kier alpha value is -3.72. The number of amides is 2. The summed E-state index contributed by atoms with van der Waals surface area (Å²) in [5.41, 5.74) is 4.98. The number of carbonyl (C=O) groups excluding carboxylic acids is 2. The molecule has 3 N–H and O–H groups in total. The molecule has 2 aliphatic heterocycles. The number of allylic oxidation sites excluding steroid dienone is 1. The fraction of sp³-hybridized carbons (Fsp3) is 0.385. The van der Waals surface area contributed by atoms with E-state index in [1.807, 2.05) is 19.1 Å². The highest BCUT2D eigenvalue weighted by molar-refractivity contribution is 6.06. The van der Waals surface area contributed by atoms with Gasteiger partial charge < -0.3 is 20.4 Å². The van der Waals surface area contributed by atoms with Crippen molar-refractivity contribution in [1.82, 2.24) is 19.9 Å². The molecule has 2 amide bonds. The minimum Gasteiger partial charge on any atom is -0.501 e. The van der Waals surface area contributed by atoms with Gasteiger partial charge in [-0.15, -0.1) is 0 Å². The highest BCUT2D eigenvalue weighted by Gasteiger charge is 2.16. The molecular weight excluding hydrogens is 444 g/mol. The maximum absolute atomic E-state index is 13.0. The third-order valence-electron chi connectivity index (χ3n) is 6.45. The molecule has 9 nitrogen and oxygen atoms in total. The van der Waals surface area contributed by atoms with Crippen LogP contribution in [0.15, 0.2) is 36.9 Å². The molecule has 3 aromatic heterocycles. The van der Waals surface area contributed by atoms with Gasteiger partial charge >= 0.3 is 0 Å². The smallest absolute Gasteiger partial charge is 0.257 e. The molecule has 0 bridgehead atoms. The van der Waals surface area contributed by atoms with Crippen LogP contribution in [-0.2, 0) is 9.53 Å². The quantitative estimate of drug-likeness (QED) is 0.496. The zero-order chi connectivity index (χ0) is 24.2. The van der Waals surface area contributed by atoms with E-state index >= 15 is 0 Å². The lowest BCUT2D eigenvalue weighted by Crippen LogP contribution is -2.36.